The van der Waals surface area contributed by atoms with E-state index in [1.54, 1.807) is 11.7 Å². The Bertz CT molecular complexity index is 434. The number of ketones is 1. The molecule has 1 saturated heterocycles. The second-order valence-electron chi connectivity index (χ2n) is 4.98. The van der Waals surface area contributed by atoms with Crippen molar-refractivity contribution in [1.29, 1.82) is 0 Å². The number of rotatable bonds is 3. The Hall–Kier alpha value is -0.870. The van der Waals surface area contributed by atoms with Gasteiger partial charge in [0.25, 0.3) is 0 Å². The molecule has 100 valence electrons. The maximum absolute atomic E-state index is 12.3. The molecule has 1 atom stereocenters. The Morgan fingerprint density at radius 3 is 2.94 bits per heavy atom. The Morgan fingerprint density at radius 1 is 1.50 bits per heavy atom. The van der Waals surface area contributed by atoms with Gasteiger partial charge in [-0.1, -0.05) is 24.4 Å². The number of hydrogen-bond acceptors (Lipinski definition) is 3. The van der Waals surface area contributed by atoms with Crippen molar-refractivity contribution in [2.45, 2.75) is 45.1 Å². The topological polar surface area (TPSA) is 46.9 Å². The van der Waals surface area contributed by atoms with E-state index >= 15 is 0 Å². The molecule has 2 heterocycles. The first-order valence-electron chi connectivity index (χ1n) is 6.53. The van der Waals surface area contributed by atoms with Gasteiger partial charge in [-0.3, -0.25) is 9.48 Å². The summed E-state index contributed by atoms with van der Waals surface area (Å²) in [6.45, 7) is 2.84. The van der Waals surface area contributed by atoms with Crippen LogP contribution in [0.4, 0.5) is 0 Å². The molecule has 0 radical (unpaired) electrons. The van der Waals surface area contributed by atoms with Gasteiger partial charge in [-0.2, -0.15) is 5.10 Å². The van der Waals surface area contributed by atoms with Crippen molar-refractivity contribution in [2.75, 3.05) is 6.54 Å². The van der Waals surface area contributed by atoms with E-state index in [-0.39, 0.29) is 11.8 Å². The number of nitrogens with zero attached hydrogens (tertiary/aromatic N) is 2. The SMILES string of the molecule is Cc1nn(C)c(Cl)c1CC(=O)C1CCCCCN1. The molecule has 18 heavy (non-hydrogen) atoms. The van der Waals surface area contributed by atoms with Crippen LogP contribution in [-0.4, -0.2) is 28.2 Å². The Labute approximate surface area is 113 Å². The van der Waals surface area contributed by atoms with Crippen LogP contribution in [0.25, 0.3) is 0 Å². The molecule has 1 N–H and O–H groups in total. The van der Waals surface area contributed by atoms with Gasteiger partial charge >= 0.3 is 0 Å². The lowest BCUT2D eigenvalue weighted by molar-refractivity contribution is -0.120. The van der Waals surface area contributed by atoms with Crippen molar-refractivity contribution < 1.29 is 4.79 Å². The van der Waals surface area contributed by atoms with Gasteiger partial charge < -0.3 is 5.32 Å². The van der Waals surface area contributed by atoms with Crippen molar-refractivity contribution in [1.82, 2.24) is 15.1 Å². The van der Waals surface area contributed by atoms with Gasteiger partial charge in [0, 0.05) is 19.0 Å². The Kier molecular flexibility index (Phi) is 4.40. The van der Waals surface area contributed by atoms with Crippen LogP contribution in [0.1, 0.15) is 36.9 Å². The molecule has 0 spiro atoms. The predicted octanol–water partition coefficient (Wildman–Crippen LogP) is 2.03. The van der Waals surface area contributed by atoms with Crippen molar-refractivity contribution in [3.05, 3.63) is 16.4 Å². The summed E-state index contributed by atoms with van der Waals surface area (Å²) in [5, 5.41) is 8.15. The average Bonchev–Trinajstić information content (AvgIpc) is 2.58. The van der Waals surface area contributed by atoms with E-state index in [9.17, 15) is 4.79 Å². The normalized spacial score (nSPS) is 20.7. The fourth-order valence-corrected chi connectivity index (χ4v) is 2.72. The lowest BCUT2D eigenvalue weighted by Crippen LogP contribution is -2.37. The highest BCUT2D eigenvalue weighted by Crippen LogP contribution is 2.20. The van der Waals surface area contributed by atoms with Crippen molar-refractivity contribution in [3.8, 4) is 0 Å². The minimum Gasteiger partial charge on any atom is -0.307 e. The van der Waals surface area contributed by atoms with Crippen molar-refractivity contribution in [2.24, 2.45) is 7.05 Å². The quantitative estimate of drug-likeness (QED) is 0.913. The van der Waals surface area contributed by atoms with E-state index in [0.717, 1.165) is 37.1 Å². The molecule has 1 aliphatic rings. The third-order valence-corrected chi connectivity index (χ3v) is 4.04. The summed E-state index contributed by atoms with van der Waals surface area (Å²) >= 11 is 6.16. The third kappa shape index (κ3) is 2.93. The molecule has 1 unspecified atom stereocenters. The number of halogens is 1. The molecular weight excluding hydrogens is 250 g/mol. The summed E-state index contributed by atoms with van der Waals surface area (Å²) in [6, 6.07) is -0.0110. The number of carbonyl (C=O) groups excluding carboxylic acids is 1. The van der Waals surface area contributed by atoms with Crippen molar-refractivity contribution in [3.63, 3.8) is 0 Å². The first kappa shape index (κ1) is 13.6. The molecule has 1 aliphatic heterocycles. The molecule has 0 aromatic carbocycles. The summed E-state index contributed by atoms with van der Waals surface area (Å²) in [7, 11) is 1.80. The predicted molar refractivity (Wildman–Crippen MR) is 71.9 cm³/mol. The maximum atomic E-state index is 12.3. The molecule has 1 aromatic heterocycles. The average molecular weight is 270 g/mol. The molecule has 1 aromatic rings. The van der Waals surface area contributed by atoms with Gasteiger partial charge in [0.2, 0.25) is 0 Å². The standard InChI is InChI=1S/C13H20ClN3O/c1-9-10(13(14)17(2)16-9)8-12(18)11-6-4-3-5-7-15-11/h11,15H,3-8H2,1-2H3. The molecule has 0 aliphatic carbocycles. The van der Waals surface area contributed by atoms with Crippen LogP contribution in [-0.2, 0) is 18.3 Å². The van der Waals surface area contributed by atoms with Gasteiger partial charge in [-0.25, -0.2) is 0 Å². The molecule has 4 nitrogen and oxygen atoms in total. The van der Waals surface area contributed by atoms with Gasteiger partial charge in [-0.05, 0) is 26.3 Å². The number of hydrogen-bond donors (Lipinski definition) is 1. The summed E-state index contributed by atoms with van der Waals surface area (Å²) in [5.41, 5.74) is 1.72. The number of aryl methyl sites for hydroxylation is 2. The highest BCUT2D eigenvalue weighted by atomic mass is 35.5. The molecule has 1 fully saturated rings. The minimum atomic E-state index is -0.0110. The van der Waals surface area contributed by atoms with Crippen LogP contribution in [0.5, 0.6) is 0 Å². The summed E-state index contributed by atoms with van der Waals surface area (Å²) in [4.78, 5) is 12.3. The first-order valence-corrected chi connectivity index (χ1v) is 6.91. The largest absolute Gasteiger partial charge is 0.307 e. The van der Waals surface area contributed by atoms with Crippen LogP contribution < -0.4 is 5.32 Å². The van der Waals surface area contributed by atoms with Crippen LogP contribution in [0.15, 0.2) is 0 Å². The number of Topliss-reactive ketones (excluding diaryl/α,β-unsaturated/α-hetero) is 1. The highest BCUT2D eigenvalue weighted by Gasteiger charge is 2.22. The van der Waals surface area contributed by atoms with Gasteiger partial charge in [0.1, 0.15) is 5.15 Å². The summed E-state index contributed by atoms with van der Waals surface area (Å²) in [5.74, 6) is 0.231. The fraction of sp³-hybridized carbons (Fsp3) is 0.692. The van der Waals surface area contributed by atoms with Crippen molar-refractivity contribution >= 4 is 17.4 Å². The van der Waals surface area contributed by atoms with E-state index < -0.39 is 0 Å². The molecule has 2 rings (SSSR count). The lowest BCUT2D eigenvalue weighted by Gasteiger charge is -2.14. The van der Waals surface area contributed by atoms with Gasteiger partial charge in [-0.15, -0.1) is 0 Å². The van der Waals surface area contributed by atoms with Crippen LogP contribution in [0.2, 0.25) is 5.15 Å². The zero-order valence-electron chi connectivity index (χ0n) is 11.0. The van der Waals surface area contributed by atoms with Crippen LogP contribution in [0.3, 0.4) is 0 Å². The Morgan fingerprint density at radius 2 is 2.28 bits per heavy atom. The summed E-state index contributed by atoms with van der Waals surface area (Å²) < 4.78 is 1.63. The smallest absolute Gasteiger partial charge is 0.154 e. The molecule has 0 bridgehead atoms. The maximum Gasteiger partial charge on any atom is 0.154 e. The van der Waals surface area contributed by atoms with E-state index in [1.165, 1.54) is 6.42 Å². The van der Waals surface area contributed by atoms with Crippen LogP contribution in [0, 0.1) is 6.92 Å². The van der Waals surface area contributed by atoms with Gasteiger partial charge in [0.15, 0.2) is 5.78 Å². The zero-order chi connectivity index (χ0) is 13.1. The number of nitrogens with one attached hydrogen (secondary N) is 1. The number of aromatic nitrogens is 2. The van der Waals surface area contributed by atoms with E-state index in [4.69, 9.17) is 11.6 Å². The van der Waals surface area contributed by atoms with E-state index in [1.807, 2.05) is 6.92 Å². The Balaban J connectivity index is 2.06. The zero-order valence-corrected chi connectivity index (χ0v) is 11.8. The highest BCUT2D eigenvalue weighted by molar-refractivity contribution is 6.30. The third-order valence-electron chi connectivity index (χ3n) is 3.57. The molecule has 0 saturated carbocycles. The fourth-order valence-electron chi connectivity index (χ4n) is 2.48. The van der Waals surface area contributed by atoms with Gasteiger partial charge in [0.05, 0.1) is 11.7 Å². The second kappa shape index (κ2) is 5.85. The first-order chi connectivity index (χ1) is 8.59. The molecule has 5 heteroatoms. The second-order valence-corrected chi connectivity index (χ2v) is 5.34. The van der Waals surface area contributed by atoms with E-state index in [2.05, 4.69) is 10.4 Å². The number of carbonyl (C=O) groups is 1. The molecule has 0 amide bonds. The monoisotopic (exact) mass is 269 g/mol. The summed E-state index contributed by atoms with van der Waals surface area (Å²) in [6.07, 6.45) is 4.83. The lowest BCUT2D eigenvalue weighted by atomic mass is 10.0. The van der Waals surface area contributed by atoms with E-state index in [0.29, 0.717) is 11.6 Å². The minimum absolute atomic E-state index is 0.0110. The van der Waals surface area contributed by atoms with Crippen LogP contribution >= 0.6 is 11.6 Å². The molecular formula is C13H20ClN3O.